The number of aliphatic hydroxyl groups excluding tert-OH is 1. The minimum absolute atomic E-state index is 0. The molecule has 2 bridgehead atoms. The van der Waals surface area contributed by atoms with Crippen molar-refractivity contribution in [3.63, 3.8) is 0 Å². The third kappa shape index (κ3) is 6.35. The predicted molar refractivity (Wildman–Crippen MR) is 147 cm³/mol. The second-order valence-corrected chi connectivity index (χ2v) is 10.5. The zero-order chi connectivity index (χ0) is 23.8. The van der Waals surface area contributed by atoms with Crippen molar-refractivity contribution in [1.82, 2.24) is 15.1 Å². The number of amides is 1. The van der Waals surface area contributed by atoms with Crippen molar-refractivity contribution in [2.45, 2.75) is 62.9 Å². The number of hydrogen-bond acceptors (Lipinski definition) is 6. The van der Waals surface area contributed by atoms with Crippen molar-refractivity contribution in [1.29, 1.82) is 0 Å². The fraction of sp³-hybridized carbons (Fsp3) is 0.536. The Bertz CT molecular complexity index is 1080. The van der Waals surface area contributed by atoms with Gasteiger partial charge in [-0.1, -0.05) is 24.3 Å². The molecule has 0 radical (unpaired) electrons. The summed E-state index contributed by atoms with van der Waals surface area (Å²) in [6.45, 7) is 3.49. The Hall–Kier alpha value is -2.03. The maximum absolute atomic E-state index is 13.3. The number of aliphatic hydroxyl groups is 1. The Morgan fingerprint density at radius 3 is 2.57 bits per heavy atom. The summed E-state index contributed by atoms with van der Waals surface area (Å²) in [4.78, 5) is 17.3. The van der Waals surface area contributed by atoms with E-state index in [0.717, 1.165) is 38.1 Å². The molecule has 4 aliphatic rings. The van der Waals surface area contributed by atoms with Crippen LogP contribution in [0, 0.1) is 0 Å². The summed E-state index contributed by atoms with van der Waals surface area (Å²) in [5.41, 5.74) is 3.26. The molecule has 9 heteroatoms. The SMILES string of the molecule is Cl.Cl.O=C1c2ccc(OC3CC4CCC(C3)N4)cc2OCCN1C[C@H](O)CN1CCc2ccccc2C1. The molecule has 2 fully saturated rings. The molecule has 2 N–H and O–H groups in total. The average molecular weight is 551 g/mol. The van der Waals surface area contributed by atoms with Crippen LogP contribution in [0.25, 0.3) is 0 Å². The van der Waals surface area contributed by atoms with Crippen LogP contribution in [-0.4, -0.2) is 77.9 Å². The molecule has 2 aromatic carbocycles. The van der Waals surface area contributed by atoms with Crippen molar-refractivity contribution in [2.24, 2.45) is 0 Å². The number of rotatable bonds is 6. The molecule has 2 saturated heterocycles. The summed E-state index contributed by atoms with van der Waals surface area (Å²) in [7, 11) is 0. The lowest BCUT2D eigenvalue weighted by Gasteiger charge is -2.32. The Morgan fingerprint density at radius 2 is 1.78 bits per heavy atom. The van der Waals surface area contributed by atoms with Crippen LogP contribution in [0.15, 0.2) is 42.5 Å². The van der Waals surface area contributed by atoms with E-state index in [9.17, 15) is 9.90 Å². The van der Waals surface area contributed by atoms with E-state index in [0.29, 0.717) is 49.6 Å². The van der Waals surface area contributed by atoms with E-state index in [4.69, 9.17) is 9.47 Å². The maximum atomic E-state index is 13.3. The third-order valence-corrected chi connectivity index (χ3v) is 7.93. The van der Waals surface area contributed by atoms with Crippen LogP contribution in [0.1, 0.15) is 47.2 Å². The lowest BCUT2D eigenvalue weighted by Crippen LogP contribution is -2.44. The van der Waals surface area contributed by atoms with Crippen LogP contribution in [0.5, 0.6) is 11.5 Å². The molecule has 7 nitrogen and oxygen atoms in total. The van der Waals surface area contributed by atoms with Crippen LogP contribution >= 0.6 is 24.8 Å². The van der Waals surface area contributed by atoms with Crippen molar-refractivity contribution in [2.75, 3.05) is 32.8 Å². The quantitative estimate of drug-likeness (QED) is 0.574. The zero-order valence-corrected chi connectivity index (χ0v) is 22.6. The Labute approximate surface area is 231 Å². The Balaban J connectivity index is 0.00000160. The number of nitrogens with zero attached hydrogens (tertiary/aromatic N) is 2. The van der Waals surface area contributed by atoms with Gasteiger partial charge in [0.2, 0.25) is 0 Å². The number of fused-ring (bicyclic) bond motifs is 4. The van der Waals surface area contributed by atoms with Crippen molar-refractivity contribution < 1.29 is 19.4 Å². The number of hydrogen-bond donors (Lipinski definition) is 2. The highest BCUT2D eigenvalue weighted by atomic mass is 35.5. The van der Waals surface area contributed by atoms with Gasteiger partial charge in [0.25, 0.3) is 5.91 Å². The summed E-state index contributed by atoms with van der Waals surface area (Å²) in [6, 6.07) is 15.2. The van der Waals surface area contributed by atoms with E-state index in [1.54, 1.807) is 4.90 Å². The van der Waals surface area contributed by atoms with Gasteiger partial charge >= 0.3 is 0 Å². The van der Waals surface area contributed by atoms with E-state index >= 15 is 0 Å². The van der Waals surface area contributed by atoms with Gasteiger partial charge in [-0.05, 0) is 55.4 Å². The van der Waals surface area contributed by atoms with Gasteiger partial charge in [-0.15, -0.1) is 24.8 Å². The molecule has 6 rings (SSSR count). The van der Waals surface area contributed by atoms with Crippen molar-refractivity contribution in [3.05, 3.63) is 59.2 Å². The second-order valence-electron chi connectivity index (χ2n) is 10.5. The van der Waals surface area contributed by atoms with Gasteiger partial charge in [-0.3, -0.25) is 9.69 Å². The van der Waals surface area contributed by atoms with Gasteiger partial charge in [0.15, 0.2) is 0 Å². The van der Waals surface area contributed by atoms with E-state index in [2.05, 4.69) is 34.5 Å². The fourth-order valence-electron chi connectivity index (χ4n) is 6.20. The molecule has 1 amide bonds. The number of nitrogens with one attached hydrogen (secondary N) is 1. The summed E-state index contributed by atoms with van der Waals surface area (Å²) < 4.78 is 12.2. The molecule has 3 atom stereocenters. The predicted octanol–water partition coefficient (Wildman–Crippen LogP) is 3.45. The molecule has 0 aromatic heterocycles. The fourth-order valence-corrected chi connectivity index (χ4v) is 6.20. The molecule has 4 aliphatic heterocycles. The highest BCUT2D eigenvalue weighted by molar-refractivity contribution is 5.97. The lowest BCUT2D eigenvalue weighted by molar-refractivity contribution is 0.0501. The molecule has 202 valence electrons. The standard InChI is InChI=1S/C28H35N3O4.2ClH/c32-23(17-30-10-9-19-3-1-2-4-20(19)16-30)18-31-11-12-34-27-15-24(7-8-26(27)28(31)33)35-25-13-21-5-6-22(14-25)29-21;;/h1-4,7-8,15,21-23,25,29,32H,5-6,9-14,16-18H2;2*1H/t21?,22?,23-,25?;;/m1../s1. The number of halogens is 2. The molecule has 37 heavy (non-hydrogen) atoms. The maximum Gasteiger partial charge on any atom is 0.257 e. The molecular weight excluding hydrogens is 513 g/mol. The van der Waals surface area contributed by atoms with Gasteiger partial charge in [-0.2, -0.15) is 0 Å². The Morgan fingerprint density at radius 1 is 1.03 bits per heavy atom. The van der Waals surface area contributed by atoms with Gasteiger partial charge in [0, 0.05) is 44.3 Å². The normalized spacial score (nSPS) is 25.5. The Kier molecular flexibility index (Phi) is 9.24. The van der Waals surface area contributed by atoms with Crippen LogP contribution < -0.4 is 14.8 Å². The van der Waals surface area contributed by atoms with E-state index in [1.807, 2.05) is 18.2 Å². The van der Waals surface area contributed by atoms with E-state index in [-0.39, 0.29) is 36.8 Å². The number of carbonyl (C=O) groups is 1. The largest absolute Gasteiger partial charge is 0.491 e. The second kappa shape index (κ2) is 12.2. The van der Waals surface area contributed by atoms with E-state index in [1.165, 1.54) is 24.0 Å². The minimum atomic E-state index is -0.608. The van der Waals surface area contributed by atoms with Crippen LogP contribution in [0.2, 0.25) is 0 Å². The van der Waals surface area contributed by atoms with Gasteiger partial charge in [0.05, 0.1) is 18.2 Å². The summed E-state index contributed by atoms with van der Waals surface area (Å²) in [5, 5.41) is 14.5. The molecule has 0 aliphatic carbocycles. The first-order chi connectivity index (χ1) is 17.1. The van der Waals surface area contributed by atoms with Crippen LogP contribution in [-0.2, 0) is 13.0 Å². The molecule has 2 unspecified atom stereocenters. The van der Waals surface area contributed by atoms with E-state index < -0.39 is 6.10 Å². The smallest absolute Gasteiger partial charge is 0.257 e. The van der Waals surface area contributed by atoms with Gasteiger partial charge < -0.3 is 24.8 Å². The molecule has 2 aromatic rings. The third-order valence-electron chi connectivity index (χ3n) is 7.93. The number of benzene rings is 2. The highest BCUT2D eigenvalue weighted by Crippen LogP contribution is 2.33. The monoisotopic (exact) mass is 549 g/mol. The zero-order valence-electron chi connectivity index (χ0n) is 21.0. The lowest BCUT2D eigenvalue weighted by atomic mass is 10.00. The number of piperidine rings is 1. The first-order valence-corrected chi connectivity index (χ1v) is 13.1. The number of carbonyl (C=O) groups excluding carboxylic acids is 1. The topological polar surface area (TPSA) is 74.3 Å². The average Bonchev–Trinajstić information content (AvgIpc) is 3.12. The minimum Gasteiger partial charge on any atom is -0.491 e. The highest BCUT2D eigenvalue weighted by Gasteiger charge is 2.35. The van der Waals surface area contributed by atoms with Gasteiger partial charge in [-0.25, -0.2) is 0 Å². The van der Waals surface area contributed by atoms with Crippen molar-refractivity contribution >= 4 is 30.7 Å². The summed E-state index contributed by atoms with van der Waals surface area (Å²) >= 11 is 0. The molecule has 0 saturated carbocycles. The first-order valence-electron chi connectivity index (χ1n) is 13.1. The molecule has 0 spiro atoms. The molecule has 4 heterocycles. The van der Waals surface area contributed by atoms with Crippen LogP contribution in [0.3, 0.4) is 0 Å². The number of ether oxygens (including phenoxy) is 2. The first kappa shape index (κ1) is 28.0. The van der Waals surface area contributed by atoms with Gasteiger partial charge in [0.1, 0.15) is 24.2 Å². The summed E-state index contributed by atoms with van der Waals surface area (Å²) in [5.74, 6) is 1.25. The summed E-state index contributed by atoms with van der Waals surface area (Å²) in [6.07, 6.45) is 5.13. The molecular formula is C28H37Cl2N3O4. The van der Waals surface area contributed by atoms with Crippen LogP contribution in [0.4, 0.5) is 0 Å². The number of β-amino-alcohol motifs (C(OH)–C–C–N with tert-alkyl or cyclic N) is 1. The van der Waals surface area contributed by atoms with Crippen molar-refractivity contribution in [3.8, 4) is 11.5 Å².